The van der Waals surface area contributed by atoms with Crippen LogP contribution in [0.1, 0.15) is 19.4 Å². The molecule has 20 heavy (non-hydrogen) atoms. The van der Waals surface area contributed by atoms with E-state index in [1.54, 1.807) is 6.92 Å². The third-order valence-corrected chi connectivity index (χ3v) is 3.65. The van der Waals surface area contributed by atoms with Crippen LogP contribution in [0.3, 0.4) is 0 Å². The minimum absolute atomic E-state index is 0.305. The van der Waals surface area contributed by atoms with Gasteiger partial charge in [0.05, 0.1) is 17.2 Å². The molecule has 1 aromatic rings. The van der Waals surface area contributed by atoms with E-state index >= 15 is 0 Å². The van der Waals surface area contributed by atoms with Gasteiger partial charge in [-0.3, -0.25) is 0 Å². The Bertz CT molecular complexity index is 414. The minimum atomic E-state index is -0.305. The van der Waals surface area contributed by atoms with Crippen molar-refractivity contribution >= 4 is 31.9 Å². The summed E-state index contributed by atoms with van der Waals surface area (Å²) in [6.45, 7) is 7.41. The fraction of sp³-hybridized carbons (Fsp3) is 0.571. The molecule has 0 amide bonds. The fourth-order valence-corrected chi connectivity index (χ4v) is 3.19. The third kappa shape index (κ3) is 6.54. The molecule has 0 aliphatic rings. The highest BCUT2D eigenvalue weighted by Gasteiger charge is 2.09. The van der Waals surface area contributed by atoms with E-state index < -0.39 is 0 Å². The lowest BCUT2D eigenvalue weighted by Crippen LogP contribution is -2.31. The summed E-state index contributed by atoms with van der Waals surface area (Å²) in [6, 6.07) is 4.05. The lowest BCUT2D eigenvalue weighted by molar-refractivity contribution is 0.191. The molecule has 4 nitrogen and oxygen atoms in total. The first-order chi connectivity index (χ1) is 9.54. The molecule has 0 aliphatic carbocycles. The minimum Gasteiger partial charge on any atom is -0.492 e. The van der Waals surface area contributed by atoms with Crippen molar-refractivity contribution in [1.82, 2.24) is 10.6 Å². The average Bonchev–Trinajstić information content (AvgIpc) is 2.37. The maximum absolute atomic E-state index is 9.13. The third-order valence-electron chi connectivity index (χ3n) is 2.61. The van der Waals surface area contributed by atoms with Gasteiger partial charge in [0.1, 0.15) is 5.75 Å². The van der Waals surface area contributed by atoms with Crippen molar-refractivity contribution in [1.29, 1.82) is 0 Å². The zero-order valence-corrected chi connectivity index (χ0v) is 15.1. The first kappa shape index (κ1) is 17.9. The number of ether oxygens (including phenoxy) is 1. The maximum Gasteiger partial charge on any atom is 0.138 e. The van der Waals surface area contributed by atoms with Gasteiger partial charge in [0.15, 0.2) is 0 Å². The SMILES string of the molecule is CCOc1c(Br)cc(Br)cc1CNCCNC[C@@H](C)O. The van der Waals surface area contributed by atoms with Crippen molar-refractivity contribution in [2.75, 3.05) is 26.2 Å². The molecular weight excluding hydrogens is 388 g/mol. The van der Waals surface area contributed by atoms with Gasteiger partial charge in [-0.05, 0) is 41.9 Å². The van der Waals surface area contributed by atoms with Gasteiger partial charge in [-0.1, -0.05) is 15.9 Å². The highest BCUT2D eigenvalue weighted by atomic mass is 79.9. The summed E-state index contributed by atoms with van der Waals surface area (Å²) in [5.41, 5.74) is 1.11. The first-order valence-electron chi connectivity index (χ1n) is 6.74. The first-order valence-corrected chi connectivity index (χ1v) is 8.33. The predicted octanol–water partition coefficient (Wildman–Crippen LogP) is 2.67. The molecule has 1 atom stereocenters. The number of hydrogen-bond donors (Lipinski definition) is 3. The van der Waals surface area contributed by atoms with Gasteiger partial charge < -0.3 is 20.5 Å². The summed E-state index contributed by atoms with van der Waals surface area (Å²) in [4.78, 5) is 0. The molecule has 0 fully saturated rings. The standard InChI is InChI=1S/C14H22Br2N2O2/c1-3-20-14-11(6-12(15)7-13(14)16)9-18-5-4-17-8-10(2)19/h6-7,10,17-19H,3-5,8-9H2,1-2H3/t10-/m1/s1. The molecule has 114 valence electrons. The van der Waals surface area contributed by atoms with Crippen LogP contribution in [0.15, 0.2) is 21.1 Å². The lowest BCUT2D eigenvalue weighted by atomic mass is 10.2. The van der Waals surface area contributed by atoms with Crippen molar-refractivity contribution in [3.05, 3.63) is 26.6 Å². The van der Waals surface area contributed by atoms with E-state index in [9.17, 15) is 0 Å². The Labute approximate surface area is 137 Å². The molecule has 3 N–H and O–H groups in total. The Kier molecular flexibility index (Phi) is 8.72. The Morgan fingerprint density at radius 1 is 1.25 bits per heavy atom. The molecule has 0 saturated heterocycles. The second-order valence-electron chi connectivity index (χ2n) is 4.54. The van der Waals surface area contributed by atoms with Crippen molar-refractivity contribution in [3.8, 4) is 5.75 Å². The summed E-state index contributed by atoms with van der Waals surface area (Å²) >= 11 is 7.02. The van der Waals surface area contributed by atoms with Crippen LogP contribution in [0, 0.1) is 0 Å². The second-order valence-corrected chi connectivity index (χ2v) is 6.31. The van der Waals surface area contributed by atoms with Crippen molar-refractivity contribution in [3.63, 3.8) is 0 Å². The van der Waals surface area contributed by atoms with E-state index in [2.05, 4.69) is 48.6 Å². The largest absolute Gasteiger partial charge is 0.492 e. The molecule has 0 saturated carbocycles. The molecule has 0 bridgehead atoms. The average molecular weight is 410 g/mol. The smallest absolute Gasteiger partial charge is 0.138 e. The van der Waals surface area contributed by atoms with Crippen LogP contribution in [-0.2, 0) is 6.54 Å². The van der Waals surface area contributed by atoms with Crippen LogP contribution >= 0.6 is 31.9 Å². The van der Waals surface area contributed by atoms with E-state index in [-0.39, 0.29) is 6.10 Å². The number of hydrogen-bond acceptors (Lipinski definition) is 4. The van der Waals surface area contributed by atoms with Crippen LogP contribution in [0.2, 0.25) is 0 Å². The predicted molar refractivity (Wildman–Crippen MR) is 89.3 cm³/mol. The fourth-order valence-electron chi connectivity index (χ4n) is 1.76. The van der Waals surface area contributed by atoms with Gasteiger partial charge >= 0.3 is 0 Å². The summed E-state index contributed by atoms with van der Waals surface area (Å²) in [5.74, 6) is 0.889. The number of nitrogens with one attached hydrogen (secondary N) is 2. The molecule has 1 aromatic carbocycles. The van der Waals surface area contributed by atoms with E-state index in [0.29, 0.717) is 13.2 Å². The van der Waals surface area contributed by atoms with Crippen LogP contribution in [0.4, 0.5) is 0 Å². The highest BCUT2D eigenvalue weighted by Crippen LogP contribution is 2.32. The van der Waals surface area contributed by atoms with Crippen LogP contribution in [0.5, 0.6) is 5.75 Å². The van der Waals surface area contributed by atoms with Gasteiger partial charge in [-0.25, -0.2) is 0 Å². The number of aliphatic hydroxyl groups excluding tert-OH is 1. The van der Waals surface area contributed by atoms with Gasteiger partial charge in [0.2, 0.25) is 0 Å². The number of rotatable bonds is 9. The molecule has 0 radical (unpaired) electrons. The lowest BCUT2D eigenvalue weighted by Gasteiger charge is -2.14. The van der Waals surface area contributed by atoms with E-state index in [1.165, 1.54) is 0 Å². The number of halogens is 2. The zero-order valence-electron chi connectivity index (χ0n) is 11.9. The molecule has 0 unspecified atom stereocenters. The molecule has 0 aliphatic heterocycles. The molecule has 1 rings (SSSR count). The van der Waals surface area contributed by atoms with Crippen LogP contribution < -0.4 is 15.4 Å². The van der Waals surface area contributed by atoms with Crippen molar-refractivity contribution in [2.45, 2.75) is 26.5 Å². The van der Waals surface area contributed by atoms with E-state index in [0.717, 1.165) is 39.9 Å². The number of aliphatic hydroxyl groups is 1. The van der Waals surface area contributed by atoms with Crippen LogP contribution in [-0.4, -0.2) is 37.5 Å². The number of benzene rings is 1. The topological polar surface area (TPSA) is 53.5 Å². The Hall–Kier alpha value is -0.140. The molecule has 0 aromatic heterocycles. The van der Waals surface area contributed by atoms with Crippen LogP contribution in [0.25, 0.3) is 0 Å². The van der Waals surface area contributed by atoms with Crippen molar-refractivity contribution in [2.24, 2.45) is 0 Å². The Morgan fingerprint density at radius 3 is 2.60 bits per heavy atom. The van der Waals surface area contributed by atoms with Crippen molar-refractivity contribution < 1.29 is 9.84 Å². The molecule has 6 heteroatoms. The Morgan fingerprint density at radius 2 is 1.95 bits per heavy atom. The zero-order chi connectivity index (χ0) is 15.0. The summed E-state index contributed by atoms with van der Waals surface area (Å²) < 4.78 is 7.66. The summed E-state index contributed by atoms with van der Waals surface area (Å²) in [6.07, 6.45) is -0.305. The normalized spacial score (nSPS) is 12.4. The maximum atomic E-state index is 9.13. The van der Waals surface area contributed by atoms with Gasteiger partial charge in [-0.15, -0.1) is 0 Å². The van der Waals surface area contributed by atoms with E-state index in [4.69, 9.17) is 9.84 Å². The molecule has 0 heterocycles. The second kappa shape index (κ2) is 9.73. The quantitative estimate of drug-likeness (QED) is 0.549. The van der Waals surface area contributed by atoms with E-state index in [1.807, 2.05) is 13.0 Å². The van der Waals surface area contributed by atoms with Gasteiger partial charge in [0.25, 0.3) is 0 Å². The van der Waals surface area contributed by atoms with Gasteiger partial charge in [-0.2, -0.15) is 0 Å². The summed E-state index contributed by atoms with van der Waals surface area (Å²) in [7, 11) is 0. The molecular formula is C14H22Br2N2O2. The van der Waals surface area contributed by atoms with Gasteiger partial charge in [0, 0.05) is 36.2 Å². The highest BCUT2D eigenvalue weighted by molar-refractivity contribution is 9.11. The Balaban J connectivity index is 2.46. The monoisotopic (exact) mass is 408 g/mol. The summed E-state index contributed by atoms with van der Waals surface area (Å²) in [5, 5.41) is 15.7. The molecule has 0 spiro atoms.